The summed E-state index contributed by atoms with van der Waals surface area (Å²) in [7, 11) is 2.00. The van der Waals surface area contributed by atoms with E-state index in [9.17, 15) is 13.2 Å². The summed E-state index contributed by atoms with van der Waals surface area (Å²) in [5, 5.41) is 8.80. The molecule has 1 unspecified atom stereocenters. The average molecular weight is 303 g/mol. The van der Waals surface area contributed by atoms with Crippen LogP contribution in [0, 0.1) is 0 Å². The van der Waals surface area contributed by atoms with Crippen molar-refractivity contribution in [3.05, 3.63) is 29.3 Å². The monoisotopic (exact) mass is 303 g/mol. The Balaban J connectivity index is 2.29. The quantitative estimate of drug-likeness (QED) is 0.842. The summed E-state index contributed by atoms with van der Waals surface area (Å²) in [6, 6.07) is 3.52. The second-order valence-electron chi connectivity index (χ2n) is 5.43. The molecule has 1 aromatic rings. The van der Waals surface area contributed by atoms with Crippen molar-refractivity contribution < 1.29 is 18.4 Å². The zero-order valence-electron chi connectivity index (χ0n) is 12.1. The van der Waals surface area contributed by atoms with E-state index in [1.807, 2.05) is 7.05 Å². The maximum atomic E-state index is 13.2. The fourth-order valence-electron chi connectivity index (χ4n) is 2.64. The molecule has 118 valence electrons. The van der Waals surface area contributed by atoms with Gasteiger partial charge in [-0.3, -0.25) is 15.6 Å². The van der Waals surface area contributed by atoms with Crippen molar-refractivity contribution in [3.63, 3.8) is 0 Å². The number of benzene rings is 1. The van der Waals surface area contributed by atoms with Crippen LogP contribution in [0.4, 0.5) is 18.9 Å². The van der Waals surface area contributed by atoms with Crippen LogP contribution >= 0.6 is 0 Å². The smallest absolute Gasteiger partial charge is 0.304 e. The number of rotatable bonds is 3. The third kappa shape index (κ3) is 3.66. The number of likely N-dealkylation sites (N-methyl/N-ethyl adjacent to an activating group) is 1. The first-order valence-electron chi connectivity index (χ1n) is 6.86. The van der Waals surface area contributed by atoms with Crippen LogP contribution in [0.5, 0.6) is 0 Å². The summed E-state index contributed by atoms with van der Waals surface area (Å²) in [6.07, 6.45) is -4.44. The van der Waals surface area contributed by atoms with Gasteiger partial charge in [0.15, 0.2) is 0 Å². The van der Waals surface area contributed by atoms with Crippen LogP contribution in [0.2, 0.25) is 0 Å². The Kier molecular flexibility index (Phi) is 4.75. The largest absolute Gasteiger partial charge is 0.416 e. The highest BCUT2D eigenvalue weighted by molar-refractivity contribution is 5.49. The molecule has 1 saturated heterocycles. The Labute approximate surface area is 122 Å². The van der Waals surface area contributed by atoms with Gasteiger partial charge in [0.25, 0.3) is 0 Å². The van der Waals surface area contributed by atoms with E-state index in [4.69, 9.17) is 5.21 Å². The van der Waals surface area contributed by atoms with Gasteiger partial charge in [0, 0.05) is 32.2 Å². The van der Waals surface area contributed by atoms with Crippen LogP contribution in [-0.4, -0.2) is 48.2 Å². The number of hydrogen-bond acceptors (Lipinski definition) is 4. The van der Waals surface area contributed by atoms with E-state index in [1.54, 1.807) is 12.4 Å². The van der Waals surface area contributed by atoms with Crippen LogP contribution < -0.4 is 5.48 Å². The van der Waals surface area contributed by atoms with Crippen molar-refractivity contribution in [1.29, 1.82) is 0 Å². The van der Waals surface area contributed by atoms with Gasteiger partial charge in [-0.05, 0) is 31.7 Å². The van der Waals surface area contributed by atoms with Gasteiger partial charge in [-0.1, -0.05) is 6.07 Å². The zero-order chi connectivity index (χ0) is 15.6. The summed E-state index contributed by atoms with van der Waals surface area (Å²) in [5.41, 5.74) is 1.35. The Hall–Kier alpha value is -1.31. The molecule has 2 rings (SSSR count). The highest BCUT2D eigenvalue weighted by atomic mass is 19.4. The minimum Gasteiger partial charge on any atom is -0.304 e. The van der Waals surface area contributed by atoms with Gasteiger partial charge in [0.1, 0.15) is 0 Å². The van der Waals surface area contributed by atoms with E-state index in [0.717, 1.165) is 32.2 Å². The lowest BCUT2D eigenvalue weighted by Crippen LogP contribution is -2.45. The van der Waals surface area contributed by atoms with Gasteiger partial charge < -0.3 is 4.90 Å². The molecule has 0 saturated carbocycles. The molecule has 2 N–H and O–H groups in total. The average Bonchev–Trinajstić information content (AvgIpc) is 2.46. The summed E-state index contributed by atoms with van der Waals surface area (Å²) in [6.45, 7) is 4.98. The maximum absolute atomic E-state index is 13.2. The number of piperazine rings is 1. The fourth-order valence-corrected chi connectivity index (χ4v) is 2.64. The molecule has 0 aliphatic carbocycles. The highest BCUT2D eigenvalue weighted by Gasteiger charge is 2.36. The molecule has 4 nitrogen and oxygen atoms in total. The lowest BCUT2D eigenvalue weighted by Gasteiger charge is -2.37. The number of hydrogen-bond donors (Lipinski definition) is 2. The van der Waals surface area contributed by atoms with Gasteiger partial charge in [-0.25, -0.2) is 0 Å². The molecule has 1 heterocycles. The zero-order valence-corrected chi connectivity index (χ0v) is 12.1. The minimum absolute atomic E-state index is 0.0386. The minimum atomic E-state index is -4.44. The topological polar surface area (TPSA) is 38.7 Å². The molecule has 0 amide bonds. The molecule has 1 aliphatic rings. The van der Waals surface area contributed by atoms with Crippen LogP contribution in [0.15, 0.2) is 18.2 Å². The third-order valence-electron chi connectivity index (χ3n) is 4.02. The summed E-state index contributed by atoms with van der Waals surface area (Å²) in [5.74, 6) is 0. The number of nitrogens with zero attached hydrogens (tertiary/aromatic N) is 2. The van der Waals surface area contributed by atoms with Gasteiger partial charge in [-0.15, -0.1) is 0 Å². The third-order valence-corrected chi connectivity index (χ3v) is 4.02. The number of alkyl halides is 3. The van der Waals surface area contributed by atoms with E-state index in [-0.39, 0.29) is 17.3 Å². The predicted molar refractivity (Wildman–Crippen MR) is 74.3 cm³/mol. The Morgan fingerprint density at radius 3 is 2.33 bits per heavy atom. The standard InChI is InChI=1S/C14H20F3N3O/c1-10(20-7-5-19(2)6-8-20)12-4-3-11(18-21)9-13(12)14(15,16)17/h3-4,9-10,18,21H,5-8H2,1-2H3. The first-order valence-corrected chi connectivity index (χ1v) is 6.86. The molecule has 1 atom stereocenters. The van der Waals surface area contributed by atoms with Crippen molar-refractivity contribution in [2.75, 3.05) is 38.7 Å². The summed E-state index contributed by atoms with van der Waals surface area (Å²) in [4.78, 5) is 4.21. The van der Waals surface area contributed by atoms with Gasteiger partial charge >= 0.3 is 6.18 Å². The molecule has 0 aromatic heterocycles. The fraction of sp³-hybridized carbons (Fsp3) is 0.571. The second kappa shape index (κ2) is 6.21. The van der Waals surface area contributed by atoms with Gasteiger partial charge in [0.2, 0.25) is 0 Å². The Morgan fingerprint density at radius 1 is 1.19 bits per heavy atom. The van der Waals surface area contributed by atoms with Crippen LogP contribution in [-0.2, 0) is 6.18 Å². The van der Waals surface area contributed by atoms with Crippen molar-refractivity contribution in [1.82, 2.24) is 9.80 Å². The van der Waals surface area contributed by atoms with Crippen LogP contribution in [0.25, 0.3) is 0 Å². The normalized spacial score (nSPS) is 19.5. The molecular formula is C14H20F3N3O. The summed E-state index contributed by atoms with van der Waals surface area (Å²) >= 11 is 0. The molecule has 0 bridgehead atoms. The van der Waals surface area contributed by atoms with Crippen LogP contribution in [0.1, 0.15) is 24.1 Å². The molecule has 1 fully saturated rings. The lowest BCUT2D eigenvalue weighted by molar-refractivity contribution is -0.138. The van der Waals surface area contributed by atoms with Crippen molar-refractivity contribution >= 4 is 5.69 Å². The first kappa shape index (κ1) is 16.1. The molecule has 1 aromatic carbocycles. The molecule has 7 heteroatoms. The molecule has 0 radical (unpaired) electrons. The molecule has 21 heavy (non-hydrogen) atoms. The van der Waals surface area contributed by atoms with E-state index in [1.165, 1.54) is 12.1 Å². The van der Waals surface area contributed by atoms with Gasteiger partial charge in [0.05, 0.1) is 11.3 Å². The van der Waals surface area contributed by atoms with Crippen molar-refractivity contribution in [2.24, 2.45) is 0 Å². The predicted octanol–water partition coefficient (Wildman–Crippen LogP) is 2.81. The van der Waals surface area contributed by atoms with E-state index < -0.39 is 11.7 Å². The van der Waals surface area contributed by atoms with E-state index in [0.29, 0.717) is 0 Å². The number of anilines is 1. The van der Waals surface area contributed by atoms with Crippen molar-refractivity contribution in [3.8, 4) is 0 Å². The number of nitrogens with one attached hydrogen (secondary N) is 1. The van der Waals surface area contributed by atoms with E-state index >= 15 is 0 Å². The second-order valence-corrected chi connectivity index (χ2v) is 5.43. The van der Waals surface area contributed by atoms with Crippen LogP contribution in [0.3, 0.4) is 0 Å². The molecular weight excluding hydrogens is 283 g/mol. The number of halogens is 3. The maximum Gasteiger partial charge on any atom is 0.416 e. The summed E-state index contributed by atoms with van der Waals surface area (Å²) < 4.78 is 39.7. The SMILES string of the molecule is CC(c1ccc(NO)cc1C(F)(F)F)N1CCN(C)CC1. The lowest BCUT2D eigenvalue weighted by atomic mass is 9.98. The first-order chi connectivity index (χ1) is 9.82. The van der Waals surface area contributed by atoms with Gasteiger partial charge in [-0.2, -0.15) is 13.2 Å². The molecule has 0 spiro atoms. The Morgan fingerprint density at radius 2 is 1.81 bits per heavy atom. The molecule has 1 aliphatic heterocycles. The highest BCUT2D eigenvalue weighted by Crippen LogP contribution is 2.37. The Bertz CT molecular complexity index is 485. The van der Waals surface area contributed by atoms with Crippen molar-refractivity contribution in [2.45, 2.75) is 19.1 Å². The van der Waals surface area contributed by atoms with E-state index in [2.05, 4.69) is 9.80 Å².